The highest BCUT2D eigenvalue weighted by molar-refractivity contribution is 7.89. The summed E-state index contributed by atoms with van der Waals surface area (Å²) < 4.78 is 27.7. The van der Waals surface area contributed by atoms with Crippen LogP contribution >= 0.6 is 22.7 Å². The van der Waals surface area contributed by atoms with Gasteiger partial charge in [0.25, 0.3) is 0 Å². The Morgan fingerprint density at radius 1 is 1.30 bits per heavy atom. The third-order valence-electron chi connectivity index (χ3n) is 2.85. The van der Waals surface area contributed by atoms with Gasteiger partial charge < -0.3 is 5.32 Å². The number of hydrogen-bond donors (Lipinski definition) is 2. The minimum absolute atomic E-state index is 0.221. The Morgan fingerprint density at radius 2 is 2.05 bits per heavy atom. The topological polar surface area (TPSA) is 58.2 Å². The number of aryl methyl sites for hydroxylation is 1. The number of nitrogens with one attached hydrogen (secondary N) is 2. The van der Waals surface area contributed by atoms with Gasteiger partial charge in [-0.1, -0.05) is 0 Å². The van der Waals surface area contributed by atoms with Crippen LogP contribution in [0, 0.1) is 6.92 Å². The monoisotopic (exact) mass is 330 g/mol. The summed E-state index contributed by atoms with van der Waals surface area (Å²) in [5.74, 6) is 0. The average Bonchev–Trinajstić information content (AvgIpc) is 2.98. The summed E-state index contributed by atoms with van der Waals surface area (Å²) in [6.45, 7) is 4.44. The average molecular weight is 331 g/mol. The Morgan fingerprint density at radius 3 is 2.65 bits per heavy atom. The third-order valence-corrected chi connectivity index (χ3v) is 6.71. The molecular weight excluding hydrogens is 312 g/mol. The molecule has 110 valence electrons. The second-order valence-electron chi connectivity index (χ2n) is 4.53. The van der Waals surface area contributed by atoms with Gasteiger partial charge in [-0.3, -0.25) is 0 Å². The normalized spacial score (nSPS) is 13.6. The van der Waals surface area contributed by atoms with Gasteiger partial charge in [-0.15, -0.1) is 22.7 Å². The van der Waals surface area contributed by atoms with Crippen molar-refractivity contribution in [3.63, 3.8) is 0 Å². The van der Waals surface area contributed by atoms with Gasteiger partial charge in [-0.25, -0.2) is 13.1 Å². The van der Waals surface area contributed by atoms with Crippen LogP contribution in [0.25, 0.3) is 0 Å². The van der Waals surface area contributed by atoms with Crippen LogP contribution in [0.3, 0.4) is 0 Å². The fraction of sp³-hybridized carbons (Fsp3) is 0.385. The fourth-order valence-electron chi connectivity index (χ4n) is 1.90. The molecule has 2 aromatic heterocycles. The number of hydrogen-bond acceptors (Lipinski definition) is 5. The highest BCUT2D eigenvalue weighted by atomic mass is 32.2. The maximum absolute atomic E-state index is 12.5. The molecular formula is C13H18N2O2S3. The van der Waals surface area contributed by atoms with E-state index in [4.69, 9.17) is 0 Å². The summed E-state index contributed by atoms with van der Waals surface area (Å²) in [5.41, 5.74) is 0. The van der Waals surface area contributed by atoms with Gasteiger partial charge in [0.05, 0.1) is 10.9 Å². The van der Waals surface area contributed by atoms with Crippen molar-refractivity contribution < 1.29 is 8.42 Å². The van der Waals surface area contributed by atoms with Crippen molar-refractivity contribution in [2.45, 2.75) is 31.3 Å². The summed E-state index contributed by atoms with van der Waals surface area (Å²) in [4.78, 5) is 3.40. The lowest BCUT2D eigenvalue weighted by Gasteiger charge is -2.13. The SMILES string of the molecule is CNCc1sccc1S(=O)(=O)NC(C)c1ccc(C)s1. The first-order chi connectivity index (χ1) is 9.44. The maximum Gasteiger partial charge on any atom is 0.242 e. The van der Waals surface area contributed by atoms with Crippen LogP contribution in [0.2, 0.25) is 0 Å². The Balaban J connectivity index is 2.20. The Hall–Kier alpha value is -0.730. The molecule has 0 radical (unpaired) electrons. The second-order valence-corrected chi connectivity index (χ2v) is 8.53. The van der Waals surface area contributed by atoms with E-state index in [1.54, 1.807) is 29.8 Å². The van der Waals surface area contributed by atoms with Gasteiger partial charge in [0.2, 0.25) is 10.0 Å². The summed E-state index contributed by atoms with van der Waals surface area (Å²) >= 11 is 3.06. The Labute approximate surface area is 127 Å². The molecule has 0 aliphatic heterocycles. The second kappa shape index (κ2) is 6.36. The van der Waals surface area contributed by atoms with E-state index < -0.39 is 10.0 Å². The van der Waals surface area contributed by atoms with Gasteiger partial charge in [-0.05, 0) is 44.5 Å². The maximum atomic E-state index is 12.5. The summed E-state index contributed by atoms with van der Waals surface area (Å²) in [6.07, 6.45) is 0. The van der Waals surface area contributed by atoms with Crippen molar-refractivity contribution in [3.05, 3.63) is 38.2 Å². The predicted molar refractivity (Wildman–Crippen MR) is 84.9 cm³/mol. The summed E-state index contributed by atoms with van der Waals surface area (Å²) in [7, 11) is -1.67. The first kappa shape index (κ1) is 15.7. The molecule has 0 fully saturated rings. The Kier molecular flexibility index (Phi) is 4.98. The molecule has 0 saturated heterocycles. The lowest BCUT2D eigenvalue weighted by atomic mass is 10.3. The van der Waals surface area contributed by atoms with Gasteiger partial charge in [0, 0.05) is 21.2 Å². The van der Waals surface area contributed by atoms with Crippen LogP contribution < -0.4 is 10.0 Å². The molecule has 2 aromatic rings. The first-order valence-electron chi connectivity index (χ1n) is 6.23. The molecule has 4 nitrogen and oxygen atoms in total. The van der Waals surface area contributed by atoms with Crippen molar-refractivity contribution in [1.29, 1.82) is 0 Å². The largest absolute Gasteiger partial charge is 0.315 e. The molecule has 1 unspecified atom stereocenters. The molecule has 0 saturated carbocycles. The van der Waals surface area contributed by atoms with Crippen molar-refractivity contribution in [2.75, 3.05) is 7.05 Å². The molecule has 0 bridgehead atoms. The van der Waals surface area contributed by atoms with Crippen molar-refractivity contribution >= 4 is 32.7 Å². The van der Waals surface area contributed by atoms with Gasteiger partial charge >= 0.3 is 0 Å². The van der Waals surface area contributed by atoms with Crippen molar-refractivity contribution in [3.8, 4) is 0 Å². The molecule has 0 aliphatic rings. The van der Waals surface area contributed by atoms with E-state index in [0.29, 0.717) is 11.4 Å². The zero-order chi connectivity index (χ0) is 14.8. The minimum atomic E-state index is -3.48. The minimum Gasteiger partial charge on any atom is -0.315 e. The molecule has 2 rings (SSSR count). The van der Waals surface area contributed by atoms with Gasteiger partial charge in [0.1, 0.15) is 0 Å². The Bertz CT molecular complexity index is 673. The van der Waals surface area contributed by atoms with E-state index in [-0.39, 0.29) is 6.04 Å². The first-order valence-corrected chi connectivity index (χ1v) is 9.41. The van der Waals surface area contributed by atoms with Crippen molar-refractivity contribution in [2.24, 2.45) is 0 Å². The molecule has 7 heteroatoms. The van der Waals surface area contributed by atoms with E-state index in [1.807, 2.05) is 26.0 Å². The number of rotatable bonds is 6. The quantitative estimate of drug-likeness (QED) is 0.856. The van der Waals surface area contributed by atoms with Crippen LogP contribution in [0.4, 0.5) is 0 Å². The van der Waals surface area contributed by atoms with E-state index in [1.165, 1.54) is 16.2 Å². The molecule has 0 spiro atoms. The van der Waals surface area contributed by atoms with Crippen LogP contribution in [-0.2, 0) is 16.6 Å². The van der Waals surface area contributed by atoms with E-state index in [0.717, 1.165) is 9.75 Å². The van der Waals surface area contributed by atoms with E-state index in [2.05, 4.69) is 10.0 Å². The fourth-order valence-corrected chi connectivity index (χ4v) is 5.53. The summed E-state index contributed by atoms with van der Waals surface area (Å²) in [6, 6.07) is 5.41. The van der Waals surface area contributed by atoms with Crippen LogP contribution in [0.15, 0.2) is 28.5 Å². The molecule has 1 atom stereocenters. The number of sulfonamides is 1. The molecule has 20 heavy (non-hydrogen) atoms. The zero-order valence-corrected chi connectivity index (χ0v) is 14.1. The van der Waals surface area contributed by atoms with E-state index in [9.17, 15) is 8.42 Å². The zero-order valence-electron chi connectivity index (χ0n) is 11.6. The lowest BCUT2D eigenvalue weighted by Crippen LogP contribution is -2.27. The third kappa shape index (κ3) is 3.48. The number of thiophene rings is 2. The van der Waals surface area contributed by atoms with Crippen molar-refractivity contribution in [1.82, 2.24) is 10.0 Å². The smallest absolute Gasteiger partial charge is 0.242 e. The highest BCUT2D eigenvalue weighted by Crippen LogP contribution is 2.26. The molecule has 0 amide bonds. The van der Waals surface area contributed by atoms with Crippen LogP contribution in [0.1, 0.15) is 27.6 Å². The standard InChI is InChI=1S/C13H18N2O2S3/c1-9-4-5-11(19-9)10(2)15-20(16,17)13-6-7-18-12(13)8-14-3/h4-7,10,14-15H,8H2,1-3H3. The molecule has 0 aromatic carbocycles. The van der Waals surface area contributed by atoms with Gasteiger partial charge in [0.15, 0.2) is 0 Å². The van der Waals surface area contributed by atoms with E-state index >= 15 is 0 Å². The molecule has 2 heterocycles. The molecule has 0 aliphatic carbocycles. The van der Waals surface area contributed by atoms with Crippen LogP contribution in [0.5, 0.6) is 0 Å². The predicted octanol–water partition coefficient (Wildman–Crippen LogP) is 2.88. The highest BCUT2D eigenvalue weighted by Gasteiger charge is 2.22. The van der Waals surface area contributed by atoms with Crippen LogP contribution in [-0.4, -0.2) is 15.5 Å². The lowest BCUT2D eigenvalue weighted by molar-refractivity contribution is 0.567. The molecule has 2 N–H and O–H groups in total. The van der Waals surface area contributed by atoms with Gasteiger partial charge in [-0.2, -0.15) is 0 Å². The summed E-state index contributed by atoms with van der Waals surface area (Å²) in [5, 5.41) is 4.80.